The molecule has 0 aromatic heterocycles. The first-order valence-corrected chi connectivity index (χ1v) is 6.28. The van der Waals surface area contributed by atoms with Gasteiger partial charge in [0.05, 0.1) is 10.7 Å². The van der Waals surface area contributed by atoms with Crippen LogP contribution in [0.15, 0.2) is 48.5 Å². The SMILES string of the molecule is CC(=O)Oc1ccc(C(=O)Nc2ccccc2Cl)cc1. The normalized spacial score (nSPS) is 9.90. The van der Waals surface area contributed by atoms with Crippen molar-refractivity contribution in [1.29, 1.82) is 0 Å². The predicted octanol–water partition coefficient (Wildman–Crippen LogP) is 3.52. The van der Waals surface area contributed by atoms with Gasteiger partial charge in [-0.1, -0.05) is 23.7 Å². The van der Waals surface area contributed by atoms with Gasteiger partial charge in [0.2, 0.25) is 0 Å². The van der Waals surface area contributed by atoms with E-state index in [4.69, 9.17) is 16.3 Å². The highest BCUT2D eigenvalue weighted by molar-refractivity contribution is 6.33. The van der Waals surface area contributed by atoms with E-state index in [1.54, 1.807) is 48.5 Å². The molecule has 102 valence electrons. The molecule has 0 radical (unpaired) electrons. The predicted molar refractivity (Wildman–Crippen MR) is 77.2 cm³/mol. The Morgan fingerprint density at radius 2 is 1.70 bits per heavy atom. The Morgan fingerprint density at radius 1 is 1.05 bits per heavy atom. The second-order valence-electron chi connectivity index (χ2n) is 4.05. The molecule has 2 aromatic rings. The summed E-state index contributed by atoms with van der Waals surface area (Å²) in [7, 11) is 0. The second-order valence-corrected chi connectivity index (χ2v) is 4.46. The fourth-order valence-electron chi connectivity index (χ4n) is 1.60. The molecular weight excluding hydrogens is 278 g/mol. The molecule has 2 rings (SSSR count). The lowest BCUT2D eigenvalue weighted by Gasteiger charge is -2.07. The van der Waals surface area contributed by atoms with Gasteiger partial charge in [0.1, 0.15) is 5.75 Å². The van der Waals surface area contributed by atoms with Crippen LogP contribution >= 0.6 is 11.6 Å². The van der Waals surface area contributed by atoms with Crippen molar-refractivity contribution in [2.45, 2.75) is 6.92 Å². The molecule has 5 heteroatoms. The van der Waals surface area contributed by atoms with Crippen molar-refractivity contribution in [2.24, 2.45) is 0 Å². The number of carbonyl (C=O) groups excluding carboxylic acids is 2. The topological polar surface area (TPSA) is 55.4 Å². The summed E-state index contributed by atoms with van der Waals surface area (Å²) in [6, 6.07) is 13.2. The van der Waals surface area contributed by atoms with Crippen LogP contribution in [-0.2, 0) is 4.79 Å². The van der Waals surface area contributed by atoms with Crippen LogP contribution in [0, 0.1) is 0 Å². The van der Waals surface area contributed by atoms with E-state index in [0.29, 0.717) is 22.0 Å². The lowest BCUT2D eigenvalue weighted by atomic mass is 10.2. The van der Waals surface area contributed by atoms with Crippen LogP contribution in [0.4, 0.5) is 5.69 Å². The summed E-state index contributed by atoms with van der Waals surface area (Å²) in [6.07, 6.45) is 0. The third-order valence-electron chi connectivity index (χ3n) is 2.50. The van der Waals surface area contributed by atoms with Crippen molar-refractivity contribution in [2.75, 3.05) is 5.32 Å². The Morgan fingerprint density at radius 3 is 2.30 bits per heavy atom. The van der Waals surface area contributed by atoms with Crippen LogP contribution in [0.1, 0.15) is 17.3 Å². The minimum Gasteiger partial charge on any atom is -0.427 e. The third kappa shape index (κ3) is 3.59. The van der Waals surface area contributed by atoms with Crippen molar-refractivity contribution >= 4 is 29.2 Å². The number of halogens is 1. The smallest absolute Gasteiger partial charge is 0.308 e. The highest BCUT2D eigenvalue weighted by Crippen LogP contribution is 2.21. The standard InChI is InChI=1S/C15H12ClNO3/c1-10(18)20-12-8-6-11(7-9-12)15(19)17-14-5-3-2-4-13(14)16/h2-9H,1H3,(H,17,19). The maximum Gasteiger partial charge on any atom is 0.308 e. The van der Waals surface area contributed by atoms with Gasteiger partial charge in [-0.05, 0) is 36.4 Å². The molecule has 0 saturated heterocycles. The Balaban J connectivity index is 2.10. The van der Waals surface area contributed by atoms with E-state index in [9.17, 15) is 9.59 Å². The van der Waals surface area contributed by atoms with Gasteiger partial charge < -0.3 is 10.1 Å². The summed E-state index contributed by atoms with van der Waals surface area (Å²) < 4.78 is 4.89. The van der Waals surface area contributed by atoms with E-state index in [0.717, 1.165) is 0 Å². The highest BCUT2D eigenvalue weighted by Gasteiger charge is 2.08. The first-order chi connectivity index (χ1) is 9.56. The third-order valence-corrected chi connectivity index (χ3v) is 2.83. The number of hydrogen-bond acceptors (Lipinski definition) is 3. The first kappa shape index (κ1) is 14.1. The molecule has 0 unspecified atom stereocenters. The lowest BCUT2D eigenvalue weighted by Crippen LogP contribution is -2.12. The van der Waals surface area contributed by atoms with Crippen LogP contribution < -0.4 is 10.1 Å². The average molecular weight is 290 g/mol. The van der Waals surface area contributed by atoms with Crippen LogP contribution in [0.3, 0.4) is 0 Å². The van der Waals surface area contributed by atoms with Gasteiger partial charge in [-0.2, -0.15) is 0 Å². The molecular formula is C15H12ClNO3. The van der Waals surface area contributed by atoms with Gasteiger partial charge in [0.25, 0.3) is 5.91 Å². The number of anilines is 1. The van der Waals surface area contributed by atoms with Crippen LogP contribution in [0.5, 0.6) is 5.75 Å². The Labute approximate surface area is 121 Å². The number of amides is 1. The summed E-state index contributed by atoms with van der Waals surface area (Å²) in [4.78, 5) is 22.8. The summed E-state index contributed by atoms with van der Waals surface area (Å²) >= 11 is 5.97. The van der Waals surface area contributed by atoms with E-state index >= 15 is 0 Å². The van der Waals surface area contributed by atoms with E-state index in [1.165, 1.54) is 6.92 Å². The molecule has 0 bridgehead atoms. The molecule has 0 saturated carbocycles. The Bertz CT molecular complexity index is 638. The van der Waals surface area contributed by atoms with Crippen LogP contribution in [0.25, 0.3) is 0 Å². The molecule has 20 heavy (non-hydrogen) atoms. The zero-order chi connectivity index (χ0) is 14.5. The van der Waals surface area contributed by atoms with Gasteiger partial charge in [-0.15, -0.1) is 0 Å². The molecule has 1 amide bonds. The molecule has 0 aliphatic rings. The minimum atomic E-state index is -0.404. The monoisotopic (exact) mass is 289 g/mol. The van der Waals surface area contributed by atoms with Gasteiger partial charge in [0, 0.05) is 12.5 Å². The number of para-hydroxylation sites is 1. The van der Waals surface area contributed by atoms with E-state index in [1.807, 2.05) is 0 Å². The molecule has 0 spiro atoms. The van der Waals surface area contributed by atoms with Gasteiger partial charge in [-0.3, -0.25) is 9.59 Å². The highest BCUT2D eigenvalue weighted by atomic mass is 35.5. The first-order valence-electron chi connectivity index (χ1n) is 5.90. The number of benzene rings is 2. The molecule has 1 N–H and O–H groups in total. The largest absolute Gasteiger partial charge is 0.427 e. The van der Waals surface area contributed by atoms with Crippen LogP contribution in [0.2, 0.25) is 5.02 Å². The van der Waals surface area contributed by atoms with Crippen molar-refractivity contribution < 1.29 is 14.3 Å². The number of ether oxygens (including phenoxy) is 1. The van der Waals surface area contributed by atoms with Crippen molar-refractivity contribution in [3.63, 3.8) is 0 Å². The Kier molecular flexibility index (Phi) is 4.38. The molecule has 0 atom stereocenters. The summed E-state index contributed by atoms with van der Waals surface area (Å²) in [5.74, 6) is -0.294. The fraction of sp³-hybridized carbons (Fsp3) is 0.0667. The summed E-state index contributed by atoms with van der Waals surface area (Å²) in [5, 5.41) is 3.18. The molecule has 0 aliphatic carbocycles. The zero-order valence-corrected chi connectivity index (χ0v) is 11.5. The van der Waals surface area contributed by atoms with Crippen molar-refractivity contribution in [3.05, 3.63) is 59.1 Å². The van der Waals surface area contributed by atoms with E-state index < -0.39 is 5.97 Å². The average Bonchev–Trinajstić information content (AvgIpc) is 2.41. The number of hydrogen-bond donors (Lipinski definition) is 1. The quantitative estimate of drug-likeness (QED) is 0.695. The molecule has 2 aromatic carbocycles. The molecule has 0 fully saturated rings. The van der Waals surface area contributed by atoms with Gasteiger partial charge in [-0.25, -0.2) is 0 Å². The summed E-state index contributed by atoms with van der Waals surface area (Å²) in [5.41, 5.74) is 0.990. The van der Waals surface area contributed by atoms with Crippen molar-refractivity contribution in [1.82, 2.24) is 0 Å². The number of carbonyl (C=O) groups is 2. The fourth-order valence-corrected chi connectivity index (χ4v) is 1.78. The maximum atomic E-state index is 12.0. The maximum absolute atomic E-state index is 12.0. The van der Waals surface area contributed by atoms with Gasteiger partial charge in [0.15, 0.2) is 0 Å². The number of esters is 1. The van der Waals surface area contributed by atoms with E-state index in [-0.39, 0.29) is 5.91 Å². The lowest BCUT2D eigenvalue weighted by molar-refractivity contribution is -0.131. The molecule has 0 heterocycles. The van der Waals surface area contributed by atoms with Gasteiger partial charge >= 0.3 is 5.97 Å². The number of rotatable bonds is 3. The molecule has 0 aliphatic heterocycles. The van der Waals surface area contributed by atoms with E-state index in [2.05, 4.69) is 5.32 Å². The van der Waals surface area contributed by atoms with Crippen molar-refractivity contribution in [3.8, 4) is 5.75 Å². The Hall–Kier alpha value is -2.33. The second kappa shape index (κ2) is 6.21. The summed E-state index contributed by atoms with van der Waals surface area (Å²) in [6.45, 7) is 1.32. The minimum absolute atomic E-state index is 0.285. The zero-order valence-electron chi connectivity index (χ0n) is 10.7. The molecule has 4 nitrogen and oxygen atoms in total. The number of nitrogens with one attached hydrogen (secondary N) is 1. The van der Waals surface area contributed by atoms with Crippen LogP contribution in [-0.4, -0.2) is 11.9 Å².